The Bertz CT molecular complexity index is 2930. The van der Waals surface area contributed by atoms with Gasteiger partial charge in [-0.1, -0.05) is 53.2 Å². The number of esters is 2. The van der Waals surface area contributed by atoms with E-state index in [-0.39, 0.29) is 49.5 Å². The van der Waals surface area contributed by atoms with Crippen LogP contribution in [0.2, 0.25) is 0 Å². The van der Waals surface area contributed by atoms with Crippen LogP contribution in [0.4, 0.5) is 0 Å². The summed E-state index contributed by atoms with van der Waals surface area (Å²) < 4.78 is 85.1. The van der Waals surface area contributed by atoms with E-state index in [1.165, 1.54) is 21.1 Å². The summed E-state index contributed by atoms with van der Waals surface area (Å²) >= 11 is 0. The lowest BCUT2D eigenvalue weighted by Gasteiger charge is -2.72. The molecule has 32 nitrogen and oxygen atoms in total. The number of hydrogen-bond donors (Lipinski definition) is 15. The van der Waals surface area contributed by atoms with Crippen LogP contribution >= 0.6 is 0 Å². The lowest BCUT2D eigenvalue weighted by atomic mass is 9.33. The molecule has 101 heavy (non-hydrogen) atoms. The van der Waals surface area contributed by atoms with Crippen LogP contribution in [0.15, 0.2) is 11.6 Å². The molecule has 0 radical (unpaired) electrons. The lowest BCUT2D eigenvalue weighted by Crippen LogP contribution is -2.69. The fraction of sp³-hybridized carbons (Fsp3) is 0.928. The minimum atomic E-state index is -2.14. The summed E-state index contributed by atoms with van der Waals surface area (Å²) in [4.78, 5) is 41.5. The summed E-state index contributed by atoms with van der Waals surface area (Å²) in [6, 6.07) is 0. The molecule has 6 aliphatic carbocycles. The van der Waals surface area contributed by atoms with Crippen molar-refractivity contribution in [2.75, 3.05) is 40.6 Å². The van der Waals surface area contributed by atoms with Gasteiger partial charge in [-0.3, -0.25) is 9.59 Å². The maximum Gasteiger partial charge on any atom is 0.335 e. The van der Waals surface area contributed by atoms with Gasteiger partial charge in [-0.05, 0) is 117 Å². The van der Waals surface area contributed by atoms with Gasteiger partial charge < -0.3 is 143 Å². The Kier molecular flexibility index (Phi) is 23.5. The molecule has 5 heterocycles. The Morgan fingerprint density at radius 1 is 0.554 bits per heavy atom. The van der Waals surface area contributed by atoms with Crippen LogP contribution in [0.1, 0.15) is 127 Å². The number of carbonyl (C=O) groups excluding carboxylic acids is 2. The van der Waals surface area contributed by atoms with E-state index < -0.39 is 255 Å². The van der Waals surface area contributed by atoms with Crippen molar-refractivity contribution in [1.82, 2.24) is 0 Å². The Morgan fingerprint density at radius 3 is 1.82 bits per heavy atom. The van der Waals surface area contributed by atoms with Gasteiger partial charge in [0, 0.05) is 39.1 Å². The highest BCUT2D eigenvalue weighted by Gasteiger charge is 2.73. The van der Waals surface area contributed by atoms with Gasteiger partial charge in [0.2, 0.25) is 6.29 Å². The topological polar surface area (TPSA) is 484 Å². The summed E-state index contributed by atoms with van der Waals surface area (Å²) in [5.41, 5.74) is -4.11. The van der Waals surface area contributed by atoms with E-state index in [2.05, 4.69) is 40.7 Å². The molecular weight excluding hydrogens is 1340 g/mol. The van der Waals surface area contributed by atoms with Crippen LogP contribution in [0.5, 0.6) is 0 Å². The van der Waals surface area contributed by atoms with Crippen molar-refractivity contribution in [2.45, 2.75) is 304 Å². The van der Waals surface area contributed by atoms with Gasteiger partial charge >= 0.3 is 17.9 Å². The first-order valence-corrected chi connectivity index (χ1v) is 35.6. The Balaban J connectivity index is 0.866. The number of carbonyl (C=O) groups is 3. The maximum absolute atomic E-state index is 15.9. The van der Waals surface area contributed by atoms with Crippen molar-refractivity contribution in [3.8, 4) is 0 Å². The molecule has 0 aromatic rings. The number of allylic oxidation sites excluding steroid dienone is 2. The number of carboxylic acid groups (broad SMARTS) is 1. The average Bonchev–Trinajstić information content (AvgIpc) is 0.670. The third kappa shape index (κ3) is 13.7. The molecule has 0 bridgehead atoms. The highest BCUT2D eigenvalue weighted by molar-refractivity contribution is 5.80. The molecule has 0 amide bonds. The van der Waals surface area contributed by atoms with E-state index in [4.69, 9.17) is 66.3 Å². The van der Waals surface area contributed by atoms with E-state index in [1.54, 1.807) is 6.92 Å². The van der Waals surface area contributed by atoms with Crippen molar-refractivity contribution in [3.63, 3.8) is 0 Å². The molecule has 11 aliphatic rings. The molecule has 0 aromatic carbocycles. The van der Waals surface area contributed by atoms with Crippen molar-refractivity contribution in [1.29, 1.82) is 0 Å². The standard InChI is InChI=1S/C69H110O32/c1-27-49(94-29(3)72)45(81)55(100-60-48(84)52(89-11)50(28(2)92-60)97-59-47(83)51(88-10)34(74)25-91-59)61(93-27)101-63(87)69-19-18-64(4,5)21-32(69)31-12-13-37-65(6)16-15-39(66(7,26-71)36(65)14-17-67(37,8)68(31,9)22-38(69)75)96-62-56(95-35-20-30(23-70)40(76)43(79)42(35)78)53(46(82)54(99-62)57(85)86)98-58-44(80)41(77)33(73)24-90-58/h12,27-28,30,32-56,58-62,70-71,73-84H,13-26H2,1-11H3,(H,85,86)/t27?,28?,30?,32?,33-,34-,35-,36?,37?,38?,39?,40+,41?,42?,43?,44?,45?,46+,47?,48?,49+,50+,51?,52?,53?,54?,55?,56?,58+,59+,60+,61+,62-,65+,66+,67-,68-,69-/m1/s1. The quantitative estimate of drug-likeness (QED) is 0.0384. The predicted molar refractivity (Wildman–Crippen MR) is 339 cm³/mol. The van der Waals surface area contributed by atoms with Gasteiger partial charge in [0.15, 0.2) is 43.5 Å². The molecule has 5 saturated carbocycles. The molecule has 0 spiro atoms. The van der Waals surface area contributed by atoms with E-state index in [1.807, 2.05) is 6.92 Å². The van der Waals surface area contributed by atoms with Gasteiger partial charge in [0.1, 0.15) is 97.0 Å². The van der Waals surface area contributed by atoms with Crippen LogP contribution in [-0.4, -0.2) is 313 Å². The number of methoxy groups -OCH3 is 2. The van der Waals surface area contributed by atoms with Crippen molar-refractivity contribution in [3.05, 3.63) is 11.6 Å². The van der Waals surface area contributed by atoms with Crippen molar-refractivity contribution >= 4 is 17.9 Å². The smallest absolute Gasteiger partial charge is 0.335 e. The number of hydrogen-bond acceptors (Lipinski definition) is 31. The maximum atomic E-state index is 15.9. The van der Waals surface area contributed by atoms with Crippen LogP contribution in [0.25, 0.3) is 0 Å². The molecule has 15 N–H and O–H groups in total. The zero-order valence-corrected chi connectivity index (χ0v) is 59.2. The zero-order valence-electron chi connectivity index (χ0n) is 59.2. The number of aliphatic hydroxyl groups is 14. The molecule has 5 saturated heterocycles. The van der Waals surface area contributed by atoms with Crippen LogP contribution < -0.4 is 0 Å². The summed E-state index contributed by atoms with van der Waals surface area (Å²) in [5.74, 6) is -5.41. The first-order chi connectivity index (χ1) is 47.4. The minimum absolute atomic E-state index is 0.103. The number of rotatable bonds is 18. The number of ether oxygens (including phenoxy) is 14. The molecule has 21 unspecified atom stereocenters. The molecule has 38 atom stereocenters. The Morgan fingerprint density at radius 2 is 1.18 bits per heavy atom. The highest BCUT2D eigenvalue weighted by atomic mass is 16.8. The van der Waals surface area contributed by atoms with Crippen LogP contribution in [0, 0.1) is 56.2 Å². The minimum Gasteiger partial charge on any atom is -0.479 e. The zero-order chi connectivity index (χ0) is 73.9. The first-order valence-electron chi connectivity index (χ1n) is 35.6. The normalized spacial score (nSPS) is 52.9. The molecule has 10 fully saturated rings. The third-order valence-electron chi connectivity index (χ3n) is 26.2. The number of carboxylic acids is 1. The number of aliphatic hydroxyl groups excluding tert-OH is 14. The van der Waals surface area contributed by atoms with E-state index in [0.717, 1.165) is 12.5 Å². The van der Waals surface area contributed by atoms with E-state index in [0.29, 0.717) is 38.5 Å². The van der Waals surface area contributed by atoms with Crippen molar-refractivity contribution in [2.24, 2.45) is 56.2 Å². The molecule has 578 valence electrons. The number of fused-ring (bicyclic) bond motifs is 7. The second-order valence-electron chi connectivity index (χ2n) is 32.4. The molecule has 11 rings (SSSR count). The summed E-state index contributed by atoms with van der Waals surface area (Å²) in [7, 11) is 2.60. The van der Waals surface area contributed by atoms with Gasteiger partial charge in [0.05, 0.1) is 56.4 Å². The van der Waals surface area contributed by atoms with Gasteiger partial charge in [0.25, 0.3) is 0 Å². The van der Waals surface area contributed by atoms with Gasteiger partial charge in [-0.25, -0.2) is 4.79 Å². The third-order valence-corrected chi connectivity index (χ3v) is 26.2. The SMILES string of the molecule is COC1C(O)[C@H](OC2C(O)[C@@H](OC(C)=O)C(C)O[C@H]2OC(=O)[C@]23CCC(C)(C)CC2C2=CCC4[C@@]5(C)CCC(O[C@@H]6OC(C(=O)O)[C@@H](O)C(O[C@@H]7OC[C@@H](O)C(O)C7O)C6O[C@@H]6CC(CO)[C@H](O)C(O)C6O)[C@@](C)(CO)C5CC[C@@]4(C)[C@]2(C)CC3O)OC(C)[C@@H]1O[C@@H]1OC[C@@H](O)C(OC)C1O. The molecule has 5 aliphatic heterocycles. The highest BCUT2D eigenvalue weighted by Crippen LogP contribution is 2.76. The molecular formula is C69H110O32. The van der Waals surface area contributed by atoms with Gasteiger partial charge in [-0.15, -0.1) is 0 Å². The fourth-order valence-electron chi connectivity index (χ4n) is 20.3. The Labute approximate surface area is 586 Å². The Hall–Kier alpha value is -2.89. The second-order valence-corrected chi connectivity index (χ2v) is 32.4. The average molecular weight is 1450 g/mol. The summed E-state index contributed by atoms with van der Waals surface area (Å²) in [5, 5.41) is 169. The fourth-order valence-corrected chi connectivity index (χ4v) is 20.3. The van der Waals surface area contributed by atoms with Crippen LogP contribution in [0.3, 0.4) is 0 Å². The molecule has 0 aromatic heterocycles. The van der Waals surface area contributed by atoms with Crippen LogP contribution in [-0.2, 0) is 80.7 Å². The number of aliphatic carboxylic acids is 1. The predicted octanol–water partition coefficient (Wildman–Crippen LogP) is -2.48. The molecule has 32 heteroatoms. The monoisotopic (exact) mass is 1450 g/mol. The van der Waals surface area contributed by atoms with E-state index in [9.17, 15) is 86.2 Å². The summed E-state index contributed by atoms with van der Waals surface area (Å²) in [6.07, 6.45) is -40.1. The second kappa shape index (κ2) is 29.9. The largest absolute Gasteiger partial charge is 0.479 e. The first kappa shape index (κ1) is 79.2. The van der Waals surface area contributed by atoms with Crippen molar-refractivity contribution < 1.29 is 157 Å². The van der Waals surface area contributed by atoms with E-state index >= 15 is 4.79 Å². The van der Waals surface area contributed by atoms with Gasteiger partial charge in [-0.2, -0.15) is 0 Å². The summed E-state index contributed by atoms with van der Waals surface area (Å²) in [6.45, 7) is 15.0. The lowest BCUT2D eigenvalue weighted by molar-refractivity contribution is -0.375.